The molecule has 2 aromatic rings. The molecule has 1 aliphatic rings. The molecule has 1 saturated heterocycles. The van der Waals surface area contributed by atoms with Crippen molar-refractivity contribution in [1.29, 1.82) is 0 Å². The first-order valence-corrected chi connectivity index (χ1v) is 8.58. The van der Waals surface area contributed by atoms with Crippen molar-refractivity contribution < 1.29 is 4.79 Å². The summed E-state index contributed by atoms with van der Waals surface area (Å²) in [6.07, 6.45) is 3.07. The van der Waals surface area contributed by atoms with Crippen molar-refractivity contribution in [2.24, 2.45) is 11.8 Å². The quantitative estimate of drug-likeness (QED) is 0.900. The minimum atomic E-state index is 0.127. The monoisotopic (exact) mass is 302 g/mol. The molecular weight excluding hydrogens is 280 g/mol. The third-order valence-electron chi connectivity index (χ3n) is 4.38. The van der Waals surface area contributed by atoms with Gasteiger partial charge < -0.3 is 10.6 Å². The van der Waals surface area contributed by atoms with E-state index in [0.717, 1.165) is 18.8 Å². The molecule has 4 heteroatoms. The molecule has 0 aliphatic carbocycles. The Bertz CT molecular complexity index is 616. The second-order valence-electron chi connectivity index (χ2n) is 6.01. The molecule has 1 aliphatic heterocycles. The molecular formula is C17H22N2OS. The van der Waals surface area contributed by atoms with Crippen LogP contribution in [0.2, 0.25) is 0 Å². The molecule has 2 N–H and O–H groups in total. The number of carbonyl (C=O) groups is 1. The average Bonchev–Trinajstić information content (AvgIpc) is 2.95. The van der Waals surface area contributed by atoms with E-state index in [1.165, 1.54) is 22.9 Å². The van der Waals surface area contributed by atoms with Gasteiger partial charge in [-0.2, -0.15) is 0 Å². The van der Waals surface area contributed by atoms with Gasteiger partial charge in [-0.15, -0.1) is 11.3 Å². The average molecular weight is 302 g/mol. The van der Waals surface area contributed by atoms with Crippen LogP contribution in [0.1, 0.15) is 26.2 Å². The molecule has 1 aromatic carbocycles. The maximum Gasteiger partial charge on any atom is 0.224 e. The van der Waals surface area contributed by atoms with Gasteiger partial charge in [-0.3, -0.25) is 4.79 Å². The fraction of sp³-hybridized carbons (Fsp3) is 0.471. The number of nitrogens with one attached hydrogen (secondary N) is 2. The third-order valence-corrected chi connectivity index (χ3v) is 5.28. The summed E-state index contributed by atoms with van der Waals surface area (Å²) in [6, 6.07) is 8.20. The molecule has 3 nitrogen and oxygen atoms in total. The fourth-order valence-electron chi connectivity index (χ4n) is 3.08. The van der Waals surface area contributed by atoms with Gasteiger partial charge in [-0.25, -0.2) is 0 Å². The molecule has 0 radical (unpaired) electrons. The van der Waals surface area contributed by atoms with E-state index in [2.05, 4.69) is 41.1 Å². The zero-order chi connectivity index (χ0) is 14.7. The zero-order valence-electron chi connectivity index (χ0n) is 12.4. The van der Waals surface area contributed by atoms with Crippen LogP contribution in [0.25, 0.3) is 10.1 Å². The van der Waals surface area contributed by atoms with Crippen LogP contribution in [-0.4, -0.2) is 19.0 Å². The van der Waals surface area contributed by atoms with Gasteiger partial charge >= 0.3 is 0 Å². The van der Waals surface area contributed by atoms with E-state index in [1.54, 1.807) is 11.3 Å². The molecule has 0 bridgehead atoms. The van der Waals surface area contributed by atoms with Crippen molar-refractivity contribution >= 4 is 33.0 Å². The molecule has 2 heterocycles. The Morgan fingerprint density at radius 3 is 3.19 bits per heavy atom. The second kappa shape index (κ2) is 6.58. The first-order chi connectivity index (χ1) is 10.2. The van der Waals surface area contributed by atoms with Crippen LogP contribution in [0.4, 0.5) is 5.69 Å². The molecule has 0 spiro atoms. The van der Waals surface area contributed by atoms with E-state index < -0.39 is 0 Å². The van der Waals surface area contributed by atoms with Gasteiger partial charge in [0.1, 0.15) is 0 Å². The Balaban J connectivity index is 1.57. The number of rotatable bonds is 4. The Kier molecular flexibility index (Phi) is 4.56. The molecule has 1 fully saturated rings. The van der Waals surface area contributed by atoms with Gasteiger partial charge in [0.15, 0.2) is 0 Å². The smallest absolute Gasteiger partial charge is 0.224 e. The normalized spacial score (nSPS) is 20.3. The number of hydrogen-bond donors (Lipinski definition) is 2. The first kappa shape index (κ1) is 14.5. The van der Waals surface area contributed by atoms with Crippen molar-refractivity contribution in [3.8, 4) is 0 Å². The van der Waals surface area contributed by atoms with Crippen LogP contribution in [-0.2, 0) is 4.79 Å². The summed E-state index contributed by atoms with van der Waals surface area (Å²) >= 11 is 1.72. The summed E-state index contributed by atoms with van der Waals surface area (Å²) in [5.74, 6) is 1.19. The molecule has 1 aromatic heterocycles. The van der Waals surface area contributed by atoms with Crippen LogP contribution in [0, 0.1) is 11.8 Å². The van der Waals surface area contributed by atoms with E-state index in [9.17, 15) is 4.79 Å². The highest BCUT2D eigenvalue weighted by atomic mass is 32.1. The van der Waals surface area contributed by atoms with E-state index >= 15 is 0 Å². The standard InChI is InChI=1S/C17H22N2OS/c1-12(14-3-2-7-18-11-14)9-17(20)19-15-4-5-16-13(10-15)6-8-21-16/h4-6,8,10,12,14,18H,2-3,7,9,11H2,1H3,(H,19,20). The van der Waals surface area contributed by atoms with Crippen molar-refractivity contribution in [2.75, 3.05) is 18.4 Å². The van der Waals surface area contributed by atoms with Crippen molar-refractivity contribution in [3.63, 3.8) is 0 Å². The number of fused-ring (bicyclic) bond motifs is 1. The lowest BCUT2D eigenvalue weighted by Gasteiger charge is -2.28. The zero-order valence-corrected chi connectivity index (χ0v) is 13.2. The number of benzene rings is 1. The van der Waals surface area contributed by atoms with Crippen molar-refractivity contribution in [2.45, 2.75) is 26.2 Å². The Morgan fingerprint density at radius 2 is 2.38 bits per heavy atom. The molecule has 21 heavy (non-hydrogen) atoms. The number of carbonyl (C=O) groups excluding carboxylic acids is 1. The van der Waals surface area contributed by atoms with Crippen LogP contribution in [0.3, 0.4) is 0 Å². The topological polar surface area (TPSA) is 41.1 Å². The summed E-state index contributed by atoms with van der Waals surface area (Å²) in [5.41, 5.74) is 0.903. The highest BCUT2D eigenvalue weighted by Gasteiger charge is 2.22. The summed E-state index contributed by atoms with van der Waals surface area (Å²) in [6.45, 7) is 4.37. The largest absolute Gasteiger partial charge is 0.326 e. The number of anilines is 1. The Labute approximate surface area is 129 Å². The third kappa shape index (κ3) is 3.63. The maximum atomic E-state index is 12.2. The van der Waals surface area contributed by atoms with E-state index in [4.69, 9.17) is 0 Å². The maximum absolute atomic E-state index is 12.2. The van der Waals surface area contributed by atoms with Gasteiger partial charge in [-0.1, -0.05) is 6.92 Å². The minimum Gasteiger partial charge on any atom is -0.326 e. The lowest BCUT2D eigenvalue weighted by molar-refractivity contribution is -0.117. The Hall–Kier alpha value is -1.39. The molecule has 1 amide bonds. The van der Waals surface area contributed by atoms with Crippen LogP contribution in [0.5, 0.6) is 0 Å². The van der Waals surface area contributed by atoms with Crippen LogP contribution < -0.4 is 10.6 Å². The molecule has 2 unspecified atom stereocenters. The van der Waals surface area contributed by atoms with Gasteiger partial charge in [0, 0.05) is 16.8 Å². The summed E-state index contributed by atoms with van der Waals surface area (Å²) in [7, 11) is 0. The van der Waals surface area contributed by atoms with Gasteiger partial charge in [0.25, 0.3) is 0 Å². The molecule has 2 atom stereocenters. The molecule has 3 rings (SSSR count). The van der Waals surface area contributed by atoms with Crippen molar-refractivity contribution in [3.05, 3.63) is 29.6 Å². The van der Waals surface area contributed by atoms with E-state index in [0.29, 0.717) is 18.3 Å². The number of thiophene rings is 1. The Morgan fingerprint density at radius 1 is 1.48 bits per heavy atom. The lowest BCUT2D eigenvalue weighted by Crippen LogP contribution is -2.34. The van der Waals surface area contributed by atoms with Crippen molar-refractivity contribution in [1.82, 2.24) is 5.32 Å². The molecule has 112 valence electrons. The highest BCUT2D eigenvalue weighted by molar-refractivity contribution is 7.17. The van der Waals surface area contributed by atoms with Gasteiger partial charge in [0.2, 0.25) is 5.91 Å². The minimum absolute atomic E-state index is 0.127. The number of amides is 1. The summed E-state index contributed by atoms with van der Waals surface area (Å²) in [4.78, 5) is 12.2. The number of hydrogen-bond acceptors (Lipinski definition) is 3. The molecule has 0 saturated carbocycles. The lowest BCUT2D eigenvalue weighted by atomic mass is 9.85. The SMILES string of the molecule is CC(CC(=O)Nc1ccc2sccc2c1)C1CCCNC1. The fourth-order valence-corrected chi connectivity index (χ4v) is 3.85. The number of piperidine rings is 1. The van der Waals surface area contributed by atoms with E-state index in [1.807, 2.05) is 6.07 Å². The van der Waals surface area contributed by atoms with E-state index in [-0.39, 0.29) is 5.91 Å². The van der Waals surface area contributed by atoms with Crippen LogP contribution in [0.15, 0.2) is 29.6 Å². The summed E-state index contributed by atoms with van der Waals surface area (Å²) in [5, 5.41) is 9.74. The first-order valence-electron chi connectivity index (χ1n) is 7.70. The van der Waals surface area contributed by atoms with Gasteiger partial charge in [0.05, 0.1) is 0 Å². The summed E-state index contributed by atoms with van der Waals surface area (Å²) < 4.78 is 1.26. The van der Waals surface area contributed by atoms with Crippen LogP contribution >= 0.6 is 11.3 Å². The highest BCUT2D eigenvalue weighted by Crippen LogP contribution is 2.25. The second-order valence-corrected chi connectivity index (χ2v) is 6.96. The predicted molar refractivity (Wildman–Crippen MR) is 89.8 cm³/mol. The van der Waals surface area contributed by atoms with Gasteiger partial charge in [-0.05, 0) is 72.8 Å². The predicted octanol–water partition coefficient (Wildman–Crippen LogP) is 3.87.